The van der Waals surface area contributed by atoms with Crippen molar-refractivity contribution in [3.05, 3.63) is 94.9 Å². The van der Waals surface area contributed by atoms with E-state index in [2.05, 4.69) is 21.1 Å². The molecule has 2 unspecified atom stereocenters. The molecule has 0 radical (unpaired) electrons. The quantitative estimate of drug-likeness (QED) is 0.420. The van der Waals surface area contributed by atoms with Crippen LogP contribution in [-0.2, 0) is 11.2 Å². The third-order valence-corrected chi connectivity index (χ3v) is 6.47. The lowest BCUT2D eigenvalue weighted by Gasteiger charge is -2.29. The summed E-state index contributed by atoms with van der Waals surface area (Å²) in [5.74, 6) is 0.749. The van der Waals surface area contributed by atoms with Crippen molar-refractivity contribution >= 4 is 21.7 Å². The summed E-state index contributed by atoms with van der Waals surface area (Å²) in [5, 5.41) is 17.2. The second-order valence-corrected chi connectivity index (χ2v) is 8.58. The maximum Gasteiger partial charge on any atom is 0.261 e. The number of aliphatic hydroxyl groups excluding tert-OH is 1. The van der Waals surface area contributed by atoms with Gasteiger partial charge in [0.25, 0.3) is 5.56 Å². The van der Waals surface area contributed by atoms with Crippen molar-refractivity contribution in [2.75, 3.05) is 13.2 Å². The van der Waals surface area contributed by atoms with Gasteiger partial charge in [-0.1, -0.05) is 30.3 Å². The Bertz CT molecular complexity index is 1530. The van der Waals surface area contributed by atoms with Crippen LogP contribution in [0, 0.1) is 0 Å². The van der Waals surface area contributed by atoms with Gasteiger partial charge in [0.1, 0.15) is 0 Å². The zero-order chi connectivity index (χ0) is 23.1. The standard InChI is InChI=1S/C26H23N5O3/c32-23-15-34-11-8-22(23)30-16-28-25-20-5-2-1-4-19(20)18(13-21(25)26(30)33)12-17-6-7-24(27-14-17)31-10-3-9-29-31/h1-7,9-10,13-14,16,22-23,32H,8,11-12,15H2. The molecular formula is C26H23N5O3. The number of pyridine rings is 1. The van der Waals surface area contributed by atoms with Gasteiger partial charge in [-0.2, -0.15) is 5.10 Å². The third kappa shape index (κ3) is 3.57. The van der Waals surface area contributed by atoms with Crippen molar-refractivity contribution in [1.82, 2.24) is 24.3 Å². The van der Waals surface area contributed by atoms with Gasteiger partial charge in [0, 0.05) is 30.6 Å². The Morgan fingerprint density at radius 3 is 2.71 bits per heavy atom. The highest BCUT2D eigenvalue weighted by molar-refractivity contribution is 6.06. The normalized spacial score (nSPS) is 18.5. The van der Waals surface area contributed by atoms with Gasteiger partial charge >= 0.3 is 0 Å². The number of hydrogen-bond donors (Lipinski definition) is 1. The molecule has 2 atom stereocenters. The molecule has 4 heterocycles. The van der Waals surface area contributed by atoms with Crippen molar-refractivity contribution in [2.24, 2.45) is 0 Å². The second-order valence-electron chi connectivity index (χ2n) is 8.58. The average molecular weight is 454 g/mol. The van der Waals surface area contributed by atoms with Gasteiger partial charge < -0.3 is 9.84 Å². The average Bonchev–Trinajstić information content (AvgIpc) is 3.41. The minimum absolute atomic E-state index is 0.143. The van der Waals surface area contributed by atoms with Crippen LogP contribution in [-0.4, -0.2) is 48.7 Å². The van der Waals surface area contributed by atoms with Crippen LogP contribution < -0.4 is 5.56 Å². The van der Waals surface area contributed by atoms with Crippen LogP contribution >= 0.6 is 0 Å². The van der Waals surface area contributed by atoms with E-state index in [1.807, 2.05) is 54.9 Å². The molecule has 170 valence electrons. The summed E-state index contributed by atoms with van der Waals surface area (Å²) < 4.78 is 8.62. The number of hydrogen-bond acceptors (Lipinski definition) is 6. The molecule has 34 heavy (non-hydrogen) atoms. The van der Waals surface area contributed by atoms with E-state index in [0.717, 1.165) is 27.7 Å². The molecule has 0 bridgehead atoms. The Hall–Kier alpha value is -3.88. The lowest BCUT2D eigenvalue weighted by molar-refractivity contribution is -0.0395. The molecule has 1 N–H and O–H groups in total. The molecule has 0 spiro atoms. The van der Waals surface area contributed by atoms with E-state index < -0.39 is 6.10 Å². The van der Waals surface area contributed by atoms with Crippen LogP contribution in [0.15, 0.2) is 78.2 Å². The van der Waals surface area contributed by atoms with Crippen molar-refractivity contribution in [2.45, 2.75) is 25.0 Å². The van der Waals surface area contributed by atoms with Gasteiger partial charge in [-0.3, -0.25) is 9.36 Å². The van der Waals surface area contributed by atoms with Crippen molar-refractivity contribution < 1.29 is 9.84 Å². The minimum Gasteiger partial charge on any atom is -0.389 e. The molecule has 0 amide bonds. The molecule has 1 fully saturated rings. The maximum atomic E-state index is 13.5. The number of aliphatic hydroxyl groups is 1. The lowest BCUT2D eigenvalue weighted by Crippen LogP contribution is -2.39. The predicted molar refractivity (Wildman–Crippen MR) is 128 cm³/mol. The Kier molecular flexibility index (Phi) is 5.16. The number of benzene rings is 2. The van der Waals surface area contributed by atoms with Gasteiger partial charge in [-0.25, -0.2) is 14.6 Å². The third-order valence-electron chi connectivity index (χ3n) is 6.47. The Labute approximate surface area is 195 Å². The Morgan fingerprint density at radius 1 is 1.06 bits per heavy atom. The SMILES string of the molecule is O=c1c2cc(Cc3ccc(-n4cccn4)nc3)c3ccccc3c2ncn1C1CCOCC1O. The summed E-state index contributed by atoms with van der Waals surface area (Å²) in [6.45, 7) is 0.732. The molecule has 3 aromatic heterocycles. The summed E-state index contributed by atoms with van der Waals surface area (Å²) in [5.41, 5.74) is 2.59. The summed E-state index contributed by atoms with van der Waals surface area (Å²) >= 11 is 0. The zero-order valence-electron chi connectivity index (χ0n) is 18.4. The summed E-state index contributed by atoms with van der Waals surface area (Å²) in [4.78, 5) is 22.7. The molecule has 8 heteroatoms. The van der Waals surface area contributed by atoms with Crippen molar-refractivity contribution in [3.63, 3.8) is 0 Å². The number of rotatable bonds is 4. The molecule has 5 aromatic rings. The first-order valence-corrected chi connectivity index (χ1v) is 11.3. The van der Waals surface area contributed by atoms with Crippen molar-refractivity contribution in [3.8, 4) is 5.82 Å². The summed E-state index contributed by atoms with van der Waals surface area (Å²) in [6, 6.07) is 15.4. The first kappa shape index (κ1) is 20.7. The van der Waals surface area contributed by atoms with Crippen LogP contribution in [0.3, 0.4) is 0 Å². The topological polar surface area (TPSA) is 95.1 Å². The lowest BCUT2D eigenvalue weighted by atomic mass is 9.96. The summed E-state index contributed by atoms with van der Waals surface area (Å²) in [6.07, 6.45) is 7.44. The molecule has 6 rings (SSSR count). The molecule has 2 aromatic carbocycles. The zero-order valence-corrected chi connectivity index (χ0v) is 18.4. The fraction of sp³-hybridized carbons (Fsp3) is 0.231. The largest absolute Gasteiger partial charge is 0.389 e. The molecule has 1 saturated heterocycles. The van der Waals surface area contributed by atoms with Gasteiger partial charge in [0.05, 0.1) is 36.0 Å². The maximum absolute atomic E-state index is 13.5. The van der Waals surface area contributed by atoms with E-state index in [0.29, 0.717) is 30.4 Å². The number of aromatic nitrogens is 5. The Balaban J connectivity index is 1.45. The van der Waals surface area contributed by atoms with E-state index in [1.54, 1.807) is 21.8 Å². The fourth-order valence-electron chi connectivity index (χ4n) is 4.75. The smallest absolute Gasteiger partial charge is 0.261 e. The minimum atomic E-state index is -0.731. The van der Waals surface area contributed by atoms with E-state index in [-0.39, 0.29) is 18.2 Å². The van der Waals surface area contributed by atoms with Gasteiger partial charge in [-0.15, -0.1) is 0 Å². The first-order chi connectivity index (χ1) is 16.7. The van der Waals surface area contributed by atoms with Gasteiger partial charge in [-0.05, 0) is 47.6 Å². The van der Waals surface area contributed by atoms with Gasteiger partial charge in [0.2, 0.25) is 0 Å². The Morgan fingerprint density at radius 2 is 1.94 bits per heavy atom. The molecule has 8 nitrogen and oxygen atoms in total. The monoisotopic (exact) mass is 453 g/mol. The number of fused-ring (bicyclic) bond motifs is 3. The van der Waals surface area contributed by atoms with E-state index in [4.69, 9.17) is 4.74 Å². The highest BCUT2D eigenvalue weighted by Gasteiger charge is 2.27. The highest BCUT2D eigenvalue weighted by Crippen LogP contribution is 2.28. The van der Waals surface area contributed by atoms with Crippen LogP contribution in [0.4, 0.5) is 0 Å². The molecule has 1 aliphatic heterocycles. The van der Waals surface area contributed by atoms with Crippen LogP contribution in [0.5, 0.6) is 0 Å². The van der Waals surface area contributed by atoms with E-state index >= 15 is 0 Å². The van der Waals surface area contributed by atoms with E-state index in [9.17, 15) is 9.90 Å². The highest BCUT2D eigenvalue weighted by atomic mass is 16.5. The summed E-state index contributed by atoms with van der Waals surface area (Å²) in [7, 11) is 0. The van der Waals surface area contributed by atoms with Gasteiger partial charge in [0.15, 0.2) is 5.82 Å². The molecule has 1 aliphatic rings. The fourth-order valence-corrected chi connectivity index (χ4v) is 4.75. The predicted octanol–water partition coefficient (Wildman–Crippen LogP) is 3.04. The number of nitrogens with zero attached hydrogens (tertiary/aromatic N) is 5. The second kappa shape index (κ2) is 8.48. The molecular weight excluding hydrogens is 430 g/mol. The van der Waals surface area contributed by atoms with E-state index in [1.165, 1.54) is 0 Å². The van der Waals surface area contributed by atoms with Crippen molar-refractivity contribution in [1.29, 1.82) is 0 Å². The number of ether oxygens (including phenoxy) is 1. The van der Waals surface area contributed by atoms with Crippen LogP contribution in [0.1, 0.15) is 23.6 Å². The molecule has 0 aliphatic carbocycles. The van der Waals surface area contributed by atoms with Crippen LogP contribution in [0.25, 0.3) is 27.5 Å². The van der Waals surface area contributed by atoms with Crippen LogP contribution in [0.2, 0.25) is 0 Å². The first-order valence-electron chi connectivity index (χ1n) is 11.3. The molecule has 0 saturated carbocycles.